The molecule has 0 aliphatic heterocycles. The molecule has 0 heterocycles. The van der Waals surface area contributed by atoms with Crippen molar-refractivity contribution in [1.29, 1.82) is 0 Å². The predicted octanol–water partition coefficient (Wildman–Crippen LogP) is 3.74. The van der Waals surface area contributed by atoms with Gasteiger partial charge < -0.3 is 10.2 Å². The summed E-state index contributed by atoms with van der Waals surface area (Å²) in [6, 6.07) is 18.5. The lowest BCUT2D eigenvalue weighted by atomic mass is 9.97. The number of hydrogen-bond acceptors (Lipinski definition) is 2. The first-order chi connectivity index (χ1) is 10.2. The Morgan fingerprint density at radius 2 is 1.43 bits per heavy atom. The van der Waals surface area contributed by atoms with Crippen molar-refractivity contribution in [3.05, 3.63) is 72.8 Å². The lowest BCUT2D eigenvalue weighted by Crippen LogP contribution is -1.88. The maximum absolute atomic E-state index is 9.53. The van der Waals surface area contributed by atoms with Crippen LogP contribution >= 0.6 is 0 Å². The molecule has 0 bridgehead atoms. The topological polar surface area (TPSA) is 57.5 Å². The summed E-state index contributed by atoms with van der Waals surface area (Å²) in [5.74, 6) is -0.981. The van der Waals surface area contributed by atoms with Crippen LogP contribution in [0.25, 0.3) is 21.5 Å². The fraction of sp³-hybridized carbons (Fsp3) is 0.0556. The zero-order valence-corrected chi connectivity index (χ0v) is 11.5. The second-order valence-electron chi connectivity index (χ2n) is 4.50. The van der Waals surface area contributed by atoms with Gasteiger partial charge in [-0.25, -0.2) is 4.79 Å². The van der Waals surface area contributed by atoms with Crippen LogP contribution in [0.5, 0.6) is 0 Å². The Balaban J connectivity index is 0.000000282. The number of fused-ring (bicyclic) bond motifs is 2. The number of aliphatic hydroxyl groups is 1. The van der Waals surface area contributed by atoms with E-state index in [1.807, 2.05) is 24.3 Å². The van der Waals surface area contributed by atoms with Gasteiger partial charge in [-0.2, -0.15) is 0 Å². The second kappa shape index (κ2) is 6.68. The minimum atomic E-state index is -0.981. The highest BCUT2D eigenvalue weighted by Crippen LogP contribution is 2.28. The van der Waals surface area contributed by atoms with E-state index in [-0.39, 0.29) is 6.61 Å². The van der Waals surface area contributed by atoms with Crippen LogP contribution in [0.1, 0.15) is 5.56 Å². The van der Waals surface area contributed by atoms with Crippen LogP contribution in [0.3, 0.4) is 0 Å². The van der Waals surface area contributed by atoms with Crippen molar-refractivity contribution in [2.75, 3.05) is 0 Å². The Morgan fingerprint density at radius 1 is 1.00 bits per heavy atom. The van der Waals surface area contributed by atoms with Crippen molar-refractivity contribution in [2.45, 2.75) is 6.61 Å². The van der Waals surface area contributed by atoms with Crippen molar-refractivity contribution >= 4 is 27.5 Å². The van der Waals surface area contributed by atoms with Gasteiger partial charge in [0, 0.05) is 6.08 Å². The highest BCUT2D eigenvalue weighted by atomic mass is 16.4. The number of rotatable bonds is 2. The number of aliphatic carboxylic acids is 1. The monoisotopic (exact) mass is 280 g/mol. The maximum atomic E-state index is 9.53. The molecule has 0 aliphatic carbocycles. The number of carboxylic acids is 1. The summed E-state index contributed by atoms with van der Waals surface area (Å²) >= 11 is 0. The summed E-state index contributed by atoms with van der Waals surface area (Å²) in [4.78, 5) is 9.25. The van der Waals surface area contributed by atoms with Crippen LogP contribution in [0.4, 0.5) is 0 Å². The molecule has 0 saturated heterocycles. The molecule has 3 nitrogen and oxygen atoms in total. The number of aliphatic hydroxyl groups excluding tert-OH is 1. The van der Waals surface area contributed by atoms with Crippen molar-refractivity contribution in [1.82, 2.24) is 0 Å². The first-order valence-corrected chi connectivity index (χ1v) is 6.53. The molecule has 3 rings (SSSR count). The van der Waals surface area contributed by atoms with E-state index in [1.165, 1.54) is 10.8 Å². The molecule has 0 amide bonds. The normalized spacial score (nSPS) is 9.95. The summed E-state index contributed by atoms with van der Waals surface area (Å²) in [6.07, 6.45) is 0.833. The van der Waals surface area contributed by atoms with Gasteiger partial charge in [-0.15, -0.1) is 0 Å². The van der Waals surface area contributed by atoms with Crippen molar-refractivity contribution in [3.63, 3.8) is 0 Å². The largest absolute Gasteiger partial charge is 0.478 e. The zero-order valence-electron chi connectivity index (χ0n) is 11.5. The number of hydrogen-bond donors (Lipinski definition) is 2. The molecule has 0 radical (unpaired) electrons. The van der Waals surface area contributed by atoms with Crippen LogP contribution in [-0.4, -0.2) is 16.2 Å². The van der Waals surface area contributed by atoms with Crippen molar-refractivity contribution in [2.24, 2.45) is 0 Å². The second-order valence-corrected chi connectivity index (χ2v) is 4.50. The van der Waals surface area contributed by atoms with Crippen LogP contribution in [0.15, 0.2) is 67.3 Å². The molecule has 0 fully saturated rings. The smallest absolute Gasteiger partial charge is 0.327 e. The Morgan fingerprint density at radius 3 is 1.81 bits per heavy atom. The third-order valence-electron chi connectivity index (χ3n) is 3.22. The maximum Gasteiger partial charge on any atom is 0.327 e. The Kier molecular flexibility index (Phi) is 4.69. The van der Waals surface area contributed by atoms with E-state index in [4.69, 9.17) is 5.11 Å². The fourth-order valence-corrected chi connectivity index (χ4v) is 2.28. The molecular weight excluding hydrogens is 264 g/mol. The van der Waals surface area contributed by atoms with Crippen LogP contribution in [0, 0.1) is 0 Å². The molecule has 0 atom stereocenters. The predicted molar refractivity (Wildman–Crippen MR) is 85.2 cm³/mol. The lowest BCUT2D eigenvalue weighted by Gasteiger charge is -2.08. The van der Waals surface area contributed by atoms with Gasteiger partial charge in [0.15, 0.2) is 0 Å². The fourth-order valence-electron chi connectivity index (χ4n) is 2.28. The quantitative estimate of drug-likeness (QED) is 0.555. The van der Waals surface area contributed by atoms with Gasteiger partial charge in [-0.05, 0) is 33.2 Å². The minimum Gasteiger partial charge on any atom is -0.478 e. The molecule has 0 aromatic heterocycles. The van der Waals surface area contributed by atoms with Gasteiger partial charge in [0.05, 0.1) is 6.61 Å². The summed E-state index contributed by atoms with van der Waals surface area (Å²) < 4.78 is 0. The Hall–Kier alpha value is -2.65. The first kappa shape index (κ1) is 14.8. The van der Waals surface area contributed by atoms with Crippen LogP contribution in [0.2, 0.25) is 0 Å². The summed E-state index contributed by atoms with van der Waals surface area (Å²) in [6.45, 7) is 3.05. The summed E-state index contributed by atoms with van der Waals surface area (Å²) in [7, 11) is 0. The molecule has 0 unspecified atom stereocenters. The molecule has 0 aliphatic rings. The van der Waals surface area contributed by atoms with E-state index in [9.17, 15) is 9.90 Å². The molecule has 0 saturated carbocycles. The van der Waals surface area contributed by atoms with E-state index >= 15 is 0 Å². The Bertz CT molecular complexity index is 737. The van der Waals surface area contributed by atoms with E-state index in [1.54, 1.807) is 0 Å². The molecule has 0 spiro atoms. The Labute approximate surface area is 122 Å². The molecule has 3 aromatic carbocycles. The summed E-state index contributed by atoms with van der Waals surface area (Å²) in [5, 5.41) is 21.8. The van der Waals surface area contributed by atoms with Crippen LogP contribution in [-0.2, 0) is 11.4 Å². The molecule has 3 aromatic rings. The molecule has 3 heteroatoms. The van der Waals surface area contributed by atoms with Crippen LogP contribution < -0.4 is 0 Å². The van der Waals surface area contributed by atoms with Gasteiger partial charge in [-0.1, -0.05) is 55.1 Å². The van der Waals surface area contributed by atoms with Gasteiger partial charge >= 0.3 is 5.97 Å². The van der Waals surface area contributed by atoms with Gasteiger partial charge in [0.25, 0.3) is 0 Å². The number of carbonyl (C=O) groups is 1. The first-order valence-electron chi connectivity index (χ1n) is 6.53. The number of benzene rings is 3. The van der Waals surface area contributed by atoms with Crippen molar-refractivity contribution < 1.29 is 15.0 Å². The third-order valence-corrected chi connectivity index (χ3v) is 3.22. The standard InChI is InChI=1S/C15H12O.C3H4O2/c16-10-15-13-7-3-1-5-11(13)9-12-6-2-4-8-14(12)15;1-2-3(4)5/h1-9,16H,10H2;2H,1H2,(H,4,5). The molecule has 21 heavy (non-hydrogen) atoms. The van der Waals surface area contributed by atoms with E-state index < -0.39 is 5.97 Å². The van der Waals surface area contributed by atoms with Gasteiger partial charge in [0.1, 0.15) is 0 Å². The zero-order chi connectivity index (χ0) is 15.2. The average molecular weight is 280 g/mol. The van der Waals surface area contributed by atoms with E-state index in [0.29, 0.717) is 0 Å². The van der Waals surface area contributed by atoms with E-state index in [0.717, 1.165) is 22.4 Å². The summed E-state index contributed by atoms with van der Waals surface area (Å²) in [5.41, 5.74) is 1.02. The molecule has 2 N–H and O–H groups in total. The van der Waals surface area contributed by atoms with Gasteiger partial charge in [0.2, 0.25) is 0 Å². The lowest BCUT2D eigenvalue weighted by molar-refractivity contribution is -0.131. The number of carboxylic acid groups (broad SMARTS) is 1. The highest BCUT2D eigenvalue weighted by Gasteiger charge is 2.05. The SMILES string of the molecule is C=CC(=O)O.OCc1c2ccccc2cc2ccccc12. The highest BCUT2D eigenvalue weighted by molar-refractivity contribution is 6.02. The molecule has 106 valence electrons. The molecular formula is C18H16O3. The van der Waals surface area contributed by atoms with E-state index in [2.05, 4.69) is 36.9 Å². The van der Waals surface area contributed by atoms with Gasteiger partial charge in [-0.3, -0.25) is 0 Å². The third kappa shape index (κ3) is 3.27. The minimum absolute atomic E-state index is 0.0852. The van der Waals surface area contributed by atoms with Crippen molar-refractivity contribution in [3.8, 4) is 0 Å². The average Bonchev–Trinajstić information content (AvgIpc) is 2.53.